The van der Waals surface area contributed by atoms with E-state index < -0.39 is 5.97 Å². The maximum Gasteiger partial charge on any atom is 0.320 e. The lowest BCUT2D eigenvalue weighted by Crippen LogP contribution is -2.36. The molecule has 0 saturated carbocycles. The topological polar surface area (TPSA) is 49.8 Å². The van der Waals surface area contributed by atoms with Crippen molar-refractivity contribution in [3.63, 3.8) is 0 Å². The summed E-state index contributed by atoms with van der Waals surface area (Å²) < 4.78 is 5.85. The van der Waals surface area contributed by atoms with Crippen LogP contribution in [0.3, 0.4) is 0 Å². The molecule has 1 aliphatic rings. The number of aryl methyl sites for hydroxylation is 2. The van der Waals surface area contributed by atoms with E-state index in [0.29, 0.717) is 6.61 Å². The van der Waals surface area contributed by atoms with Crippen LogP contribution >= 0.6 is 0 Å². The van der Waals surface area contributed by atoms with Crippen molar-refractivity contribution < 1.29 is 14.6 Å². The van der Waals surface area contributed by atoms with E-state index in [4.69, 9.17) is 9.84 Å². The lowest BCUT2D eigenvalue weighted by atomic mass is 10.1. The van der Waals surface area contributed by atoms with Crippen LogP contribution in [0.15, 0.2) is 18.2 Å². The van der Waals surface area contributed by atoms with Crippen molar-refractivity contribution in [2.45, 2.75) is 39.2 Å². The van der Waals surface area contributed by atoms with Crippen LogP contribution < -0.4 is 4.74 Å². The number of carboxylic acids is 1. The number of para-hydroxylation sites is 1. The Morgan fingerprint density at radius 3 is 2.75 bits per heavy atom. The number of nitrogens with zero attached hydrogens (tertiary/aromatic N) is 1. The SMILES string of the molecule is Cc1cccc(C)c1OCCCN1CCCC1C(=O)O. The molecule has 1 unspecified atom stereocenters. The van der Waals surface area contributed by atoms with E-state index in [1.54, 1.807) is 0 Å². The van der Waals surface area contributed by atoms with Crippen molar-refractivity contribution in [1.29, 1.82) is 0 Å². The van der Waals surface area contributed by atoms with Gasteiger partial charge in [-0.3, -0.25) is 9.69 Å². The van der Waals surface area contributed by atoms with Crippen molar-refractivity contribution in [3.8, 4) is 5.75 Å². The number of ether oxygens (including phenoxy) is 1. The molecule has 1 aromatic rings. The van der Waals surface area contributed by atoms with Gasteiger partial charge in [0, 0.05) is 6.54 Å². The van der Waals surface area contributed by atoms with Gasteiger partial charge in [0.2, 0.25) is 0 Å². The Bertz CT molecular complexity index is 453. The number of benzene rings is 1. The lowest BCUT2D eigenvalue weighted by Gasteiger charge is -2.21. The summed E-state index contributed by atoms with van der Waals surface area (Å²) in [5.74, 6) is 0.266. The van der Waals surface area contributed by atoms with Gasteiger partial charge in [0.1, 0.15) is 11.8 Å². The molecular formula is C16H23NO3. The van der Waals surface area contributed by atoms with Crippen LogP contribution in [0.5, 0.6) is 5.75 Å². The highest BCUT2D eigenvalue weighted by molar-refractivity contribution is 5.73. The molecule has 0 amide bonds. The molecule has 1 aliphatic heterocycles. The van der Waals surface area contributed by atoms with Crippen molar-refractivity contribution in [2.75, 3.05) is 19.7 Å². The molecule has 1 N–H and O–H groups in total. The average molecular weight is 277 g/mol. The van der Waals surface area contributed by atoms with Crippen molar-refractivity contribution in [1.82, 2.24) is 4.90 Å². The van der Waals surface area contributed by atoms with Gasteiger partial charge in [0.25, 0.3) is 0 Å². The fourth-order valence-electron chi connectivity index (χ4n) is 2.84. The summed E-state index contributed by atoms with van der Waals surface area (Å²) in [5.41, 5.74) is 2.30. The molecule has 110 valence electrons. The fraction of sp³-hybridized carbons (Fsp3) is 0.562. The number of rotatable bonds is 6. The number of carboxylic acid groups (broad SMARTS) is 1. The van der Waals surface area contributed by atoms with Crippen LogP contribution in [-0.4, -0.2) is 41.7 Å². The maximum absolute atomic E-state index is 11.1. The van der Waals surface area contributed by atoms with Gasteiger partial charge < -0.3 is 9.84 Å². The van der Waals surface area contributed by atoms with E-state index in [1.807, 2.05) is 32.0 Å². The first-order chi connectivity index (χ1) is 9.59. The van der Waals surface area contributed by atoms with Crippen LogP contribution in [-0.2, 0) is 4.79 Å². The molecule has 0 spiro atoms. The molecule has 1 heterocycles. The highest BCUT2D eigenvalue weighted by atomic mass is 16.5. The Hall–Kier alpha value is -1.55. The first-order valence-corrected chi connectivity index (χ1v) is 7.25. The number of aliphatic carboxylic acids is 1. The molecular weight excluding hydrogens is 254 g/mol. The van der Waals surface area contributed by atoms with Gasteiger partial charge in [0.05, 0.1) is 6.61 Å². The second-order valence-electron chi connectivity index (χ2n) is 5.46. The predicted octanol–water partition coefficient (Wildman–Crippen LogP) is 2.62. The average Bonchev–Trinajstić information content (AvgIpc) is 2.86. The third-order valence-electron chi connectivity index (χ3n) is 3.89. The molecule has 0 aromatic heterocycles. The molecule has 0 radical (unpaired) electrons. The van der Waals surface area contributed by atoms with Gasteiger partial charge >= 0.3 is 5.97 Å². The van der Waals surface area contributed by atoms with Crippen LogP contribution in [0.25, 0.3) is 0 Å². The minimum atomic E-state index is -0.696. The fourth-order valence-corrected chi connectivity index (χ4v) is 2.84. The molecule has 20 heavy (non-hydrogen) atoms. The first kappa shape index (κ1) is 14.9. The summed E-state index contributed by atoms with van der Waals surface area (Å²) in [6.07, 6.45) is 2.61. The summed E-state index contributed by atoms with van der Waals surface area (Å²) >= 11 is 0. The number of likely N-dealkylation sites (tertiary alicyclic amines) is 1. The second kappa shape index (κ2) is 6.75. The summed E-state index contributed by atoms with van der Waals surface area (Å²) in [7, 11) is 0. The van der Waals surface area contributed by atoms with Gasteiger partial charge in [-0.1, -0.05) is 18.2 Å². The van der Waals surface area contributed by atoms with Crippen LogP contribution in [0, 0.1) is 13.8 Å². The van der Waals surface area contributed by atoms with E-state index in [0.717, 1.165) is 49.2 Å². The van der Waals surface area contributed by atoms with E-state index in [1.165, 1.54) is 0 Å². The zero-order chi connectivity index (χ0) is 14.5. The van der Waals surface area contributed by atoms with Gasteiger partial charge in [-0.05, 0) is 50.8 Å². The molecule has 4 nitrogen and oxygen atoms in total. The molecule has 1 aromatic carbocycles. The largest absolute Gasteiger partial charge is 0.493 e. The third-order valence-corrected chi connectivity index (χ3v) is 3.89. The summed E-state index contributed by atoms with van der Waals surface area (Å²) in [6, 6.07) is 5.82. The third kappa shape index (κ3) is 3.51. The molecule has 1 saturated heterocycles. The number of carbonyl (C=O) groups is 1. The molecule has 2 rings (SSSR count). The van der Waals surface area contributed by atoms with E-state index in [-0.39, 0.29) is 6.04 Å². The predicted molar refractivity (Wildman–Crippen MR) is 78.3 cm³/mol. The van der Waals surface area contributed by atoms with Gasteiger partial charge in [0.15, 0.2) is 0 Å². The summed E-state index contributed by atoms with van der Waals surface area (Å²) in [4.78, 5) is 13.1. The van der Waals surface area contributed by atoms with E-state index >= 15 is 0 Å². The first-order valence-electron chi connectivity index (χ1n) is 7.25. The Morgan fingerprint density at radius 2 is 2.10 bits per heavy atom. The zero-order valence-corrected chi connectivity index (χ0v) is 12.3. The smallest absolute Gasteiger partial charge is 0.320 e. The van der Waals surface area contributed by atoms with Crippen molar-refractivity contribution >= 4 is 5.97 Å². The Kier molecular flexibility index (Phi) is 5.01. The van der Waals surface area contributed by atoms with Gasteiger partial charge in [-0.25, -0.2) is 0 Å². The highest BCUT2D eigenvalue weighted by Crippen LogP contribution is 2.23. The quantitative estimate of drug-likeness (QED) is 0.812. The zero-order valence-electron chi connectivity index (χ0n) is 12.3. The molecule has 0 bridgehead atoms. The number of hydrogen-bond acceptors (Lipinski definition) is 3. The Balaban J connectivity index is 1.78. The summed E-state index contributed by atoms with van der Waals surface area (Å²) in [6.45, 7) is 6.41. The normalized spacial score (nSPS) is 19.2. The van der Waals surface area contributed by atoms with Gasteiger partial charge in [-0.15, -0.1) is 0 Å². The van der Waals surface area contributed by atoms with E-state index in [2.05, 4.69) is 4.90 Å². The molecule has 1 fully saturated rings. The highest BCUT2D eigenvalue weighted by Gasteiger charge is 2.29. The molecule has 0 aliphatic carbocycles. The van der Waals surface area contributed by atoms with Gasteiger partial charge in [-0.2, -0.15) is 0 Å². The second-order valence-corrected chi connectivity index (χ2v) is 5.46. The minimum absolute atomic E-state index is 0.296. The Morgan fingerprint density at radius 1 is 1.40 bits per heavy atom. The van der Waals surface area contributed by atoms with E-state index in [9.17, 15) is 4.79 Å². The monoisotopic (exact) mass is 277 g/mol. The van der Waals surface area contributed by atoms with Crippen LogP contribution in [0.2, 0.25) is 0 Å². The molecule has 4 heteroatoms. The van der Waals surface area contributed by atoms with Crippen molar-refractivity contribution in [2.24, 2.45) is 0 Å². The molecule has 1 atom stereocenters. The lowest BCUT2D eigenvalue weighted by molar-refractivity contribution is -0.142. The maximum atomic E-state index is 11.1. The van der Waals surface area contributed by atoms with Crippen LogP contribution in [0.1, 0.15) is 30.4 Å². The van der Waals surface area contributed by atoms with Crippen molar-refractivity contribution in [3.05, 3.63) is 29.3 Å². The summed E-state index contributed by atoms with van der Waals surface area (Å²) in [5, 5.41) is 9.12. The minimum Gasteiger partial charge on any atom is -0.493 e. The Labute approximate surface area is 120 Å². The number of hydrogen-bond donors (Lipinski definition) is 1. The standard InChI is InChI=1S/C16H23NO3/c1-12-6-3-7-13(2)15(12)20-11-5-10-17-9-4-8-14(17)16(18)19/h3,6-7,14H,4-5,8-11H2,1-2H3,(H,18,19). The van der Waals surface area contributed by atoms with Crippen LogP contribution in [0.4, 0.5) is 0 Å².